The summed E-state index contributed by atoms with van der Waals surface area (Å²) in [6, 6.07) is 4.91. The van der Waals surface area contributed by atoms with E-state index >= 15 is 0 Å². The summed E-state index contributed by atoms with van der Waals surface area (Å²) >= 11 is 3.39. The smallest absolute Gasteiger partial charge is 0.128 e. The summed E-state index contributed by atoms with van der Waals surface area (Å²) in [6.45, 7) is 4.90. The molecular weight excluding hydrogens is 297 g/mol. The van der Waals surface area contributed by atoms with E-state index in [-0.39, 0.29) is 18.0 Å². The summed E-state index contributed by atoms with van der Waals surface area (Å²) < 4.78 is 20.4. The molecule has 0 saturated carbocycles. The van der Waals surface area contributed by atoms with E-state index in [1.54, 1.807) is 13.2 Å². The van der Waals surface area contributed by atoms with Crippen molar-refractivity contribution < 1.29 is 9.13 Å². The van der Waals surface area contributed by atoms with E-state index in [4.69, 9.17) is 4.74 Å². The Morgan fingerprint density at radius 1 is 1.39 bits per heavy atom. The summed E-state index contributed by atoms with van der Waals surface area (Å²) in [7, 11) is 1.68. The number of halogens is 2. The fourth-order valence-electron chi connectivity index (χ4n) is 2.12. The summed E-state index contributed by atoms with van der Waals surface area (Å²) in [5.74, 6) is -0.192. The Labute approximate surface area is 117 Å². The lowest BCUT2D eigenvalue weighted by Gasteiger charge is -2.27. The van der Waals surface area contributed by atoms with Crippen molar-refractivity contribution in [3.63, 3.8) is 0 Å². The van der Waals surface area contributed by atoms with E-state index < -0.39 is 0 Å². The molecule has 0 aliphatic heterocycles. The van der Waals surface area contributed by atoms with Crippen LogP contribution in [0.3, 0.4) is 0 Å². The third-order valence-electron chi connectivity index (χ3n) is 2.96. The van der Waals surface area contributed by atoms with Gasteiger partial charge in [0, 0.05) is 17.1 Å². The highest BCUT2D eigenvalue weighted by Gasteiger charge is 2.24. The summed E-state index contributed by atoms with van der Waals surface area (Å²) in [5.41, 5.74) is 0.659. The van der Waals surface area contributed by atoms with E-state index in [0.717, 1.165) is 23.9 Å². The van der Waals surface area contributed by atoms with Gasteiger partial charge in [-0.15, -0.1) is 0 Å². The minimum absolute atomic E-state index is 0.0150. The molecule has 1 aromatic carbocycles. The number of hydrogen-bond donors (Lipinski definition) is 1. The van der Waals surface area contributed by atoms with Gasteiger partial charge in [0.1, 0.15) is 5.82 Å². The van der Waals surface area contributed by atoms with E-state index in [1.807, 2.05) is 13.0 Å². The van der Waals surface area contributed by atoms with Crippen molar-refractivity contribution in [3.8, 4) is 0 Å². The van der Waals surface area contributed by atoms with Crippen LogP contribution in [0.4, 0.5) is 4.39 Å². The van der Waals surface area contributed by atoms with Crippen LogP contribution in [-0.4, -0.2) is 19.8 Å². The largest absolute Gasteiger partial charge is 0.379 e. The van der Waals surface area contributed by atoms with E-state index in [9.17, 15) is 4.39 Å². The van der Waals surface area contributed by atoms with Crippen LogP contribution in [-0.2, 0) is 4.74 Å². The molecule has 0 aliphatic carbocycles. The van der Waals surface area contributed by atoms with E-state index in [0.29, 0.717) is 5.56 Å². The van der Waals surface area contributed by atoms with Gasteiger partial charge in [-0.1, -0.05) is 36.2 Å². The van der Waals surface area contributed by atoms with Crippen LogP contribution >= 0.6 is 15.9 Å². The zero-order chi connectivity index (χ0) is 13.5. The van der Waals surface area contributed by atoms with Gasteiger partial charge in [0.2, 0.25) is 0 Å². The highest BCUT2D eigenvalue weighted by Crippen LogP contribution is 2.27. The van der Waals surface area contributed by atoms with Crippen molar-refractivity contribution >= 4 is 15.9 Å². The van der Waals surface area contributed by atoms with Crippen molar-refractivity contribution in [2.24, 2.45) is 0 Å². The van der Waals surface area contributed by atoms with Gasteiger partial charge in [-0.2, -0.15) is 0 Å². The van der Waals surface area contributed by atoms with Crippen LogP contribution in [0.15, 0.2) is 22.7 Å². The summed E-state index contributed by atoms with van der Waals surface area (Å²) in [5, 5.41) is 3.32. The molecule has 1 N–H and O–H groups in total. The molecule has 0 heterocycles. The predicted octanol–water partition coefficient (Wildman–Crippen LogP) is 4.05. The molecule has 0 amide bonds. The molecule has 1 rings (SSSR count). The van der Waals surface area contributed by atoms with Gasteiger partial charge in [-0.3, -0.25) is 0 Å². The number of rotatable bonds is 7. The Balaban J connectivity index is 3.05. The predicted molar refractivity (Wildman–Crippen MR) is 76.2 cm³/mol. The minimum atomic E-state index is -0.192. The number of nitrogens with one attached hydrogen (secondary N) is 1. The van der Waals surface area contributed by atoms with Gasteiger partial charge in [-0.05, 0) is 31.2 Å². The van der Waals surface area contributed by atoms with Gasteiger partial charge >= 0.3 is 0 Å². The normalized spacial score (nSPS) is 14.5. The highest BCUT2D eigenvalue weighted by atomic mass is 79.9. The molecule has 2 atom stereocenters. The first-order chi connectivity index (χ1) is 8.63. The third-order valence-corrected chi connectivity index (χ3v) is 3.46. The number of ether oxygens (including phenoxy) is 1. The van der Waals surface area contributed by atoms with E-state index in [2.05, 4.69) is 28.2 Å². The van der Waals surface area contributed by atoms with Crippen LogP contribution in [0.5, 0.6) is 0 Å². The number of hydrogen-bond acceptors (Lipinski definition) is 2. The lowest BCUT2D eigenvalue weighted by molar-refractivity contribution is 0.0599. The second-order valence-corrected chi connectivity index (χ2v) is 5.18. The second kappa shape index (κ2) is 7.87. The Morgan fingerprint density at radius 3 is 2.67 bits per heavy atom. The van der Waals surface area contributed by atoms with E-state index in [1.165, 1.54) is 6.07 Å². The average Bonchev–Trinajstić information content (AvgIpc) is 2.37. The van der Waals surface area contributed by atoms with Crippen LogP contribution in [0.1, 0.15) is 38.3 Å². The molecule has 2 nitrogen and oxygen atoms in total. The van der Waals surface area contributed by atoms with Gasteiger partial charge in [0.25, 0.3) is 0 Å². The van der Waals surface area contributed by atoms with Crippen molar-refractivity contribution in [1.82, 2.24) is 5.32 Å². The zero-order valence-corrected chi connectivity index (χ0v) is 12.8. The van der Waals surface area contributed by atoms with Crippen LogP contribution in [0.2, 0.25) is 0 Å². The molecule has 102 valence electrons. The van der Waals surface area contributed by atoms with Gasteiger partial charge in [0.05, 0.1) is 12.1 Å². The SMILES string of the molecule is CCCC(OC)C(NCC)c1cc(Br)ccc1F. The van der Waals surface area contributed by atoms with Crippen LogP contribution in [0, 0.1) is 5.82 Å². The second-order valence-electron chi connectivity index (χ2n) is 4.26. The summed E-state index contributed by atoms with van der Waals surface area (Å²) in [6.07, 6.45) is 1.90. The molecule has 1 aromatic rings. The topological polar surface area (TPSA) is 21.3 Å². The maximum atomic E-state index is 14.0. The molecule has 0 fully saturated rings. The Hall–Kier alpha value is -0.450. The molecule has 0 aromatic heterocycles. The molecule has 2 unspecified atom stereocenters. The number of methoxy groups -OCH3 is 1. The Bertz CT molecular complexity index is 373. The molecule has 4 heteroatoms. The molecule has 0 radical (unpaired) electrons. The fourth-order valence-corrected chi connectivity index (χ4v) is 2.50. The Morgan fingerprint density at radius 2 is 2.11 bits per heavy atom. The van der Waals surface area contributed by atoms with Crippen molar-refractivity contribution in [3.05, 3.63) is 34.1 Å². The summed E-state index contributed by atoms with van der Waals surface area (Å²) in [4.78, 5) is 0. The Kier molecular flexibility index (Phi) is 6.82. The van der Waals surface area contributed by atoms with Gasteiger partial charge in [0.15, 0.2) is 0 Å². The van der Waals surface area contributed by atoms with Gasteiger partial charge in [-0.25, -0.2) is 4.39 Å². The monoisotopic (exact) mass is 317 g/mol. The van der Waals surface area contributed by atoms with Gasteiger partial charge < -0.3 is 10.1 Å². The first-order valence-corrected chi connectivity index (χ1v) is 7.14. The third kappa shape index (κ3) is 4.04. The maximum Gasteiger partial charge on any atom is 0.128 e. The zero-order valence-electron chi connectivity index (χ0n) is 11.2. The maximum absolute atomic E-state index is 14.0. The first kappa shape index (κ1) is 15.6. The van der Waals surface area contributed by atoms with Crippen molar-refractivity contribution in [2.45, 2.75) is 38.8 Å². The minimum Gasteiger partial charge on any atom is -0.379 e. The molecule has 0 bridgehead atoms. The first-order valence-electron chi connectivity index (χ1n) is 6.35. The van der Waals surface area contributed by atoms with Crippen molar-refractivity contribution in [1.29, 1.82) is 0 Å². The van der Waals surface area contributed by atoms with Crippen molar-refractivity contribution in [2.75, 3.05) is 13.7 Å². The molecule has 0 spiro atoms. The molecular formula is C14H21BrFNO. The number of benzene rings is 1. The standard InChI is InChI=1S/C14H21BrFNO/c1-4-6-13(18-3)14(17-5-2)11-9-10(15)7-8-12(11)16/h7-9,13-14,17H,4-6H2,1-3H3. The lowest BCUT2D eigenvalue weighted by Crippen LogP contribution is -2.34. The quantitative estimate of drug-likeness (QED) is 0.819. The highest BCUT2D eigenvalue weighted by molar-refractivity contribution is 9.10. The van der Waals surface area contributed by atoms with Crippen LogP contribution < -0.4 is 5.32 Å². The molecule has 0 aliphatic rings. The molecule has 18 heavy (non-hydrogen) atoms. The fraction of sp³-hybridized carbons (Fsp3) is 0.571. The lowest BCUT2D eigenvalue weighted by atomic mass is 9.97. The van der Waals surface area contributed by atoms with Crippen LogP contribution in [0.25, 0.3) is 0 Å². The average molecular weight is 318 g/mol. The number of likely N-dealkylation sites (N-methyl/N-ethyl adjacent to an activating group) is 1. The molecule has 0 saturated heterocycles.